The van der Waals surface area contributed by atoms with E-state index in [2.05, 4.69) is 31.8 Å². The third-order valence-corrected chi connectivity index (χ3v) is 3.73. The van der Waals surface area contributed by atoms with Crippen LogP contribution in [0.15, 0.2) is 23.0 Å². The monoisotopic (exact) mass is 240 g/mol. The summed E-state index contributed by atoms with van der Waals surface area (Å²) < 4.78 is 3.83. The van der Waals surface area contributed by atoms with Gasteiger partial charge in [-0.1, -0.05) is 4.49 Å². The minimum Gasteiger partial charge on any atom is -0.271 e. The predicted molar refractivity (Wildman–Crippen MR) is 62.6 cm³/mol. The Morgan fingerprint density at radius 3 is 3.07 bits per heavy atom. The minimum absolute atomic E-state index is 0.157. The molecule has 2 aromatic rings. The van der Waals surface area contributed by atoms with Crippen LogP contribution in [0.2, 0.25) is 0 Å². The van der Waals surface area contributed by atoms with Crippen molar-refractivity contribution in [2.45, 2.75) is 18.9 Å². The van der Waals surface area contributed by atoms with Gasteiger partial charge < -0.3 is 0 Å². The van der Waals surface area contributed by atoms with Gasteiger partial charge in [0.1, 0.15) is 0 Å². The van der Waals surface area contributed by atoms with E-state index in [-0.39, 0.29) is 6.04 Å². The maximum Gasteiger partial charge on any atom is 0.0669 e. The van der Waals surface area contributed by atoms with Crippen molar-refractivity contribution in [3.63, 3.8) is 0 Å². The molecule has 0 saturated carbocycles. The third-order valence-electron chi connectivity index (χ3n) is 2.22. The lowest BCUT2D eigenvalue weighted by atomic mass is 10.1. The summed E-state index contributed by atoms with van der Waals surface area (Å²) in [5.74, 6) is 5.51. The van der Waals surface area contributed by atoms with E-state index in [4.69, 9.17) is 5.84 Å². The molecule has 6 heteroatoms. The second-order valence-electron chi connectivity index (χ2n) is 3.21. The molecule has 4 nitrogen and oxygen atoms in total. The lowest BCUT2D eigenvalue weighted by Gasteiger charge is -2.11. The SMILES string of the molecule is NNC(CCc1ccsc1)c1cnns1. The molecule has 2 rings (SSSR count). The van der Waals surface area contributed by atoms with E-state index in [0.717, 1.165) is 17.7 Å². The number of nitrogens with one attached hydrogen (secondary N) is 1. The van der Waals surface area contributed by atoms with Crippen LogP contribution < -0.4 is 11.3 Å². The van der Waals surface area contributed by atoms with Crippen LogP contribution in [0.25, 0.3) is 0 Å². The van der Waals surface area contributed by atoms with Crippen LogP contribution in [0, 0.1) is 0 Å². The average molecular weight is 240 g/mol. The number of nitrogens with two attached hydrogens (primary N) is 1. The van der Waals surface area contributed by atoms with Crippen LogP contribution >= 0.6 is 22.9 Å². The number of hydrazine groups is 1. The molecule has 0 aliphatic heterocycles. The number of hydrogen-bond donors (Lipinski definition) is 2. The van der Waals surface area contributed by atoms with Gasteiger partial charge in [0.15, 0.2) is 0 Å². The largest absolute Gasteiger partial charge is 0.271 e. The van der Waals surface area contributed by atoms with Gasteiger partial charge >= 0.3 is 0 Å². The van der Waals surface area contributed by atoms with Gasteiger partial charge in [0.25, 0.3) is 0 Å². The Bertz CT molecular complexity index is 371. The topological polar surface area (TPSA) is 63.8 Å². The van der Waals surface area contributed by atoms with Crippen LogP contribution in [0.4, 0.5) is 0 Å². The van der Waals surface area contributed by atoms with E-state index in [9.17, 15) is 0 Å². The summed E-state index contributed by atoms with van der Waals surface area (Å²) in [5.41, 5.74) is 4.16. The fraction of sp³-hybridized carbons (Fsp3) is 0.333. The zero-order valence-electron chi connectivity index (χ0n) is 8.09. The summed E-state index contributed by atoms with van der Waals surface area (Å²) >= 11 is 3.11. The summed E-state index contributed by atoms with van der Waals surface area (Å²) in [5, 5.41) is 8.07. The first-order chi connectivity index (χ1) is 7.40. The molecule has 0 amide bonds. The summed E-state index contributed by atoms with van der Waals surface area (Å²) in [4.78, 5) is 1.09. The van der Waals surface area contributed by atoms with Gasteiger partial charge in [-0.2, -0.15) is 11.3 Å². The molecule has 80 valence electrons. The normalized spacial score (nSPS) is 12.9. The predicted octanol–water partition coefficient (Wildman–Crippen LogP) is 1.74. The highest BCUT2D eigenvalue weighted by molar-refractivity contribution is 7.08. The highest BCUT2D eigenvalue weighted by atomic mass is 32.1. The molecular weight excluding hydrogens is 228 g/mol. The van der Waals surface area contributed by atoms with Crippen molar-refractivity contribution in [1.29, 1.82) is 0 Å². The van der Waals surface area contributed by atoms with E-state index < -0.39 is 0 Å². The molecule has 0 aliphatic carbocycles. The number of aromatic nitrogens is 2. The zero-order valence-corrected chi connectivity index (χ0v) is 9.72. The second kappa shape index (κ2) is 5.32. The standard InChI is InChI=1S/C9H12N4S2/c10-12-8(9-5-11-13-15-9)2-1-7-3-4-14-6-7/h3-6,8,12H,1-2,10H2. The van der Waals surface area contributed by atoms with Crippen LogP contribution in [0.3, 0.4) is 0 Å². The van der Waals surface area contributed by atoms with E-state index in [1.54, 1.807) is 17.5 Å². The first-order valence-electron chi connectivity index (χ1n) is 4.64. The molecule has 0 radical (unpaired) electrons. The Hall–Kier alpha value is -0.820. The van der Waals surface area contributed by atoms with Crippen LogP contribution in [0.5, 0.6) is 0 Å². The Labute approximate surface area is 96.3 Å². The summed E-state index contributed by atoms with van der Waals surface area (Å²) in [7, 11) is 0. The molecule has 0 fully saturated rings. The smallest absolute Gasteiger partial charge is 0.0669 e. The molecule has 15 heavy (non-hydrogen) atoms. The molecule has 0 saturated heterocycles. The van der Waals surface area contributed by atoms with E-state index in [0.29, 0.717) is 0 Å². The van der Waals surface area contributed by atoms with Gasteiger partial charge in [0.05, 0.1) is 17.1 Å². The van der Waals surface area contributed by atoms with Crippen molar-refractivity contribution < 1.29 is 0 Å². The van der Waals surface area contributed by atoms with Gasteiger partial charge in [-0.05, 0) is 46.8 Å². The highest BCUT2D eigenvalue weighted by Gasteiger charge is 2.11. The van der Waals surface area contributed by atoms with E-state index >= 15 is 0 Å². The number of rotatable bonds is 5. The van der Waals surface area contributed by atoms with Crippen LogP contribution in [-0.2, 0) is 6.42 Å². The van der Waals surface area contributed by atoms with E-state index in [1.807, 2.05) is 0 Å². The molecule has 0 aromatic carbocycles. The zero-order chi connectivity index (χ0) is 10.5. The summed E-state index contributed by atoms with van der Waals surface area (Å²) in [6.45, 7) is 0. The summed E-state index contributed by atoms with van der Waals surface area (Å²) in [6.07, 6.45) is 3.76. The van der Waals surface area contributed by atoms with Gasteiger partial charge in [-0.15, -0.1) is 5.10 Å². The third kappa shape index (κ3) is 2.82. The lowest BCUT2D eigenvalue weighted by molar-refractivity contribution is 0.523. The van der Waals surface area contributed by atoms with Crippen molar-refractivity contribution in [2.75, 3.05) is 0 Å². The molecule has 1 atom stereocenters. The fourth-order valence-corrected chi connectivity index (χ4v) is 2.68. The molecule has 0 aliphatic rings. The van der Waals surface area contributed by atoms with Crippen LogP contribution in [0.1, 0.15) is 22.9 Å². The number of thiophene rings is 1. The molecule has 2 heterocycles. The van der Waals surface area contributed by atoms with Crippen molar-refractivity contribution in [3.05, 3.63) is 33.5 Å². The molecule has 3 N–H and O–H groups in total. The van der Waals surface area contributed by atoms with Gasteiger partial charge in [0, 0.05) is 0 Å². The van der Waals surface area contributed by atoms with Crippen molar-refractivity contribution >= 4 is 22.9 Å². The van der Waals surface area contributed by atoms with Crippen molar-refractivity contribution in [1.82, 2.24) is 15.0 Å². The second-order valence-corrected chi connectivity index (χ2v) is 4.81. The number of hydrogen-bond acceptors (Lipinski definition) is 6. The molecular formula is C9H12N4S2. The maximum absolute atomic E-state index is 5.51. The quantitative estimate of drug-likeness (QED) is 0.617. The fourth-order valence-electron chi connectivity index (χ4n) is 1.38. The van der Waals surface area contributed by atoms with E-state index in [1.165, 1.54) is 17.1 Å². The average Bonchev–Trinajstić information content (AvgIpc) is 2.90. The lowest BCUT2D eigenvalue weighted by Crippen LogP contribution is -2.27. The van der Waals surface area contributed by atoms with Crippen LogP contribution in [-0.4, -0.2) is 9.59 Å². The Morgan fingerprint density at radius 1 is 1.53 bits per heavy atom. The molecule has 0 spiro atoms. The number of aryl methyl sites for hydroxylation is 1. The first kappa shape index (κ1) is 10.7. The molecule has 0 bridgehead atoms. The minimum atomic E-state index is 0.157. The Kier molecular flexibility index (Phi) is 3.79. The molecule has 1 unspecified atom stereocenters. The number of nitrogens with zero attached hydrogens (tertiary/aromatic N) is 2. The van der Waals surface area contributed by atoms with Crippen molar-refractivity contribution in [3.8, 4) is 0 Å². The van der Waals surface area contributed by atoms with Gasteiger partial charge in [0.2, 0.25) is 0 Å². The first-order valence-corrected chi connectivity index (χ1v) is 6.36. The van der Waals surface area contributed by atoms with Crippen molar-refractivity contribution in [2.24, 2.45) is 5.84 Å². The Balaban J connectivity index is 1.92. The Morgan fingerprint density at radius 2 is 2.47 bits per heavy atom. The van der Waals surface area contributed by atoms with Gasteiger partial charge in [-0.25, -0.2) is 0 Å². The molecule has 2 aromatic heterocycles. The van der Waals surface area contributed by atoms with Gasteiger partial charge in [-0.3, -0.25) is 11.3 Å². The maximum atomic E-state index is 5.51. The highest BCUT2D eigenvalue weighted by Crippen LogP contribution is 2.20. The summed E-state index contributed by atoms with van der Waals surface area (Å²) in [6, 6.07) is 2.30.